The van der Waals surface area contributed by atoms with Crippen LogP contribution in [0.15, 0.2) is 59.5 Å². The molecule has 2 aromatic carbocycles. The van der Waals surface area contributed by atoms with Gasteiger partial charge in [0.15, 0.2) is 0 Å². The van der Waals surface area contributed by atoms with E-state index in [9.17, 15) is 18.5 Å². The van der Waals surface area contributed by atoms with Gasteiger partial charge in [0.2, 0.25) is 0 Å². The molecule has 0 aliphatic carbocycles. The number of hydrogen-bond acceptors (Lipinski definition) is 6. The maximum Gasteiger partial charge on any atom is 0.264 e. The first kappa shape index (κ1) is 24.0. The molecular formula is C25H26N4O3S2. The summed E-state index contributed by atoms with van der Waals surface area (Å²) < 4.78 is 27.1. The van der Waals surface area contributed by atoms with Crippen molar-refractivity contribution in [2.45, 2.75) is 31.2 Å². The highest BCUT2D eigenvalue weighted by atomic mass is 32.2. The summed E-state index contributed by atoms with van der Waals surface area (Å²) in [4.78, 5) is 16.5. The molecule has 0 spiro atoms. The third kappa shape index (κ3) is 4.71. The molecule has 3 aromatic rings. The highest BCUT2D eigenvalue weighted by molar-refractivity contribution is 7.92. The van der Waals surface area contributed by atoms with Crippen molar-refractivity contribution in [2.24, 2.45) is 0 Å². The molecule has 2 heterocycles. The number of hydrogen-bond donors (Lipinski definition) is 1. The summed E-state index contributed by atoms with van der Waals surface area (Å²) in [6.45, 7) is 4.86. The van der Waals surface area contributed by atoms with Crippen LogP contribution < -0.4 is 9.62 Å². The molecule has 1 aliphatic heterocycles. The summed E-state index contributed by atoms with van der Waals surface area (Å²) in [7, 11) is -2.27. The summed E-state index contributed by atoms with van der Waals surface area (Å²) >= 11 is 1.45. The molecule has 176 valence electrons. The molecule has 9 heteroatoms. The molecule has 34 heavy (non-hydrogen) atoms. The third-order valence-electron chi connectivity index (χ3n) is 5.91. The van der Waals surface area contributed by atoms with Crippen LogP contribution in [0.2, 0.25) is 0 Å². The highest BCUT2D eigenvalue weighted by Crippen LogP contribution is 2.37. The van der Waals surface area contributed by atoms with E-state index in [-0.39, 0.29) is 10.8 Å². The molecule has 4 rings (SSSR count). The summed E-state index contributed by atoms with van der Waals surface area (Å²) in [5, 5.41) is 13.1. The van der Waals surface area contributed by atoms with Crippen molar-refractivity contribution in [3.05, 3.63) is 76.2 Å². The van der Waals surface area contributed by atoms with Crippen LogP contribution in [0, 0.1) is 11.3 Å². The number of sulfonamides is 1. The number of nitriles is 1. The summed E-state index contributed by atoms with van der Waals surface area (Å²) in [6, 6.07) is 16.9. The van der Waals surface area contributed by atoms with Crippen LogP contribution in [-0.2, 0) is 23.0 Å². The fourth-order valence-electron chi connectivity index (χ4n) is 4.06. The average molecular weight is 495 g/mol. The fourth-order valence-corrected chi connectivity index (χ4v) is 6.49. The Kier molecular flexibility index (Phi) is 7.03. The standard InChI is InChI=1S/C25H26N4O3S2/c1-3-14-29-15-13-21-22(16-26)25(33-23(21)17-29)27-24(30)18-9-11-20(12-10-18)34(31,32)28(2)19-7-5-4-6-8-19/h4-12H,3,13-15,17H2,1-2H3,(H,27,30). The molecule has 0 fully saturated rings. The van der Waals surface area contributed by atoms with Crippen molar-refractivity contribution >= 4 is 38.0 Å². The van der Waals surface area contributed by atoms with Crippen LogP contribution in [0.5, 0.6) is 0 Å². The number of fused-ring (bicyclic) bond motifs is 1. The smallest absolute Gasteiger partial charge is 0.264 e. The second-order valence-electron chi connectivity index (χ2n) is 8.13. The Morgan fingerprint density at radius 3 is 2.53 bits per heavy atom. The van der Waals surface area contributed by atoms with Crippen molar-refractivity contribution in [2.75, 3.05) is 29.8 Å². The topological polar surface area (TPSA) is 93.5 Å². The van der Waals surface area contributed by atoms with Crippen LogP contribution in [0.3, 0.4) is 0 Å². The van der Waals surface area contributed by atoms with Crippen molar-refractivity contribution < 1.29 is 13.2 Å². The molecule has 0 unspecified atom stereocenters. The van der Waals surface area contributed by atoms with E-state index in [2.05, 4.69) is 23.2 Å². The third-order valence-corrected chi connectivity index (χ3v) is 8.84. The minimum atomic E-state index is -3.76. The Labute approximate surface area is 204 Å². The molecule has 1 N–H and O–H groups in total. The number of benzene rings is 2. The van der Waals surface area contributed by atoms with Crippen LogP contribution in [0.4, 0.5) is 10.7 Å². The minimum absolute atomic E-state index is 0.0933. The van der Waals surface area contributed by atoms with Gasteiger partial charge in [-0.2, -0.15) is 5.26 Å². The number of thiophene rings is 1. The number of nitrogens with zero attached hydrogens (tertiary/aromatic N) is 3. The van der Waals surface area contributed by atoms with Gasteiger partial charge in [-0.1, -0.05) is 25.1 Å². The second-order valence-corrected chi connectivity index (χ2v) is 11.2. The van der Waals surface area contributed by atoms with E-state index >= 15 is 0 Å². The molecule has 7 nitrogen and oxygen atoms in total. The van der Waals surface area contributed by atoms with E-state index in [1.54, 1.807) is 24.3 Å². The van der Waals surface area contributed by atoms with Crippen LogP contribution >= 0.6 is 11.3 Å². The number of carbonyl (C=O) groups excluding carboxylic acids is 1. The van der Waals surface area contributed by atoms with E-state index in [4.69, 9.17) is 0 Å². The van der Waals surface area contributed by atoms with E-state index < -0.39 is 10.0 Å². The lowest BCUT2D eigenvalue weighted by Gasteiger charge is -2.26. The maximum absolute atomic E-state index is 13.0. The van der Waals surface area contributed by atoms with Gasteiger partial charge in [-0.3, -0.25) is 14.0 Å². The Hall–Kier alpha value is -3.19. The monoisotopic (exact) mass is 494 g/mol. The summed E-state index contributed by atoms with van der Waals surface area (Å²) in [5.74, 6) is -0.374. The first-order chi connectivity index (χ1) is 16.3. The summed E-state index contributed by atoms with van der Waals surface area (Å²) in [5.41, 5.74) is 2.44. The number of amides is 1. The highest BCUT2D eigenvalue weighted by Gasteiger charge is 2.26. The quantitative estimate of drug-likeness (QED) is 0.523. The Morgan fingerprint density at radius 1 is 1.18 bits per heavy atom. The maximum atomic E-state index is 13.0. The lowest BCUT2D eigenvalue weighted by Crippen LogP contribution is -2.30. The van der Waals surface area contributed by atoms with Crippen molar-refractivity contribution in [1.82, 2.24) is 4.90 Å². The van der Waals surface area contributed by atoms with Gasteiger partial charge >= 0.3 is 0 Å². The molecule has 1 amide bonds. The van der Waals surface area contributed by atoms with Gasteiger partial charge in [0, 0.05) is 30.6 Å². The molecule has 0 saturated heterocycles. The molecule has 0 atom stereocenters. The molecule has 0 saturated carbocycles. The molecule has 1 aliphatic rings. The molecule has 0 radical (unpaired) electrons. The van der Waals surface area contributed by atoms with Gasteiger partial charge in [0.25, 0.3) is 15.9 Å². The fraction of sp³-hybridized carbons (Fsp3) is 0.280. The number of para-hydroxylation sites is 1. The lowest BCUT2D eigenvalue weighted by atomic mass is 10.0. The van der Waals surface area contributed by atoms with Crippen molar-refractivity contribution in [3.63, 3.8) is 0 Å². The number of rotatable bonds is 7. The van der Waals surface area contributed by atoms with E-state index in [1.165, 1.54) is 47.0 Å². The minimum Gasteiger partial charge on any atom is -0.312 e. The average Bonchev–Trinajstić information content (AvgIpc) is 3.20. The van der Waals surface area contributed by atoms with Gasteiger partial charge in [0.1, 0.15) is 11.1 Å². The normalized spacial score (nSPS) is 13.7. The first-order valence-electron chi connectivity index (χ1n) is 11.1. The zero-order chi connectivity index (χ0) is 24.3. The molecule has 0 bridgehead atoms. The van der Waals surface area contributed by atoms with Gasteiger partial charge in [-0.25, -0.2) is 8.42 Å². The Morgan fingerprint density at radius 2 is 1.88 bits per heavy atom. The van der Waals surface area contributed by atoms with Gasteiger partial charge in [0.05, 0.1) is 16.1 Å². The SMILES string of the molecule is CCCN1CCc2c(sc(NC(=O)c3ccc(S(=O)(=O)N(C)c4ccccc4)cc3)c2C#N)C1. The number of nitrogens with one attached hydrogen (secondary N) is 1. The predicted octanol–water partition coefficient (Wildman–Crippen LogP) is 4.47. The van der Waals surface area contributed by atoms with Gasteiger partial charge in [-0.05, 0) is 61.3 Å². The first-order valence-corrected chi connectivity index (χ1v) is 13.3. The Balaban J connectivity index is 1.52. The summed E-state index contributed by atoms with van der Waals surface area (Å²) in [6.07, 6.45) is 1.87. The van der Waals surface area contributed by atoms with Crippen LogP contribution in [0.1, 0.15) is 39.7 Å². The predicted molar refractivity (Wildman–Crippen MR) is 135 cm³/mol. The van der Waals surface area contributed by atoms with Crippen LogP contribution in [0.25, 0.3) is 0 Å². The second kappa shape index (κ2) is 9.97. The number of anilines is 2. The van der Waals surface area contributed by atoms with Gasteiger partial charge in [-0.15, -0.1) is 11.3 Å². The molecule has 1 aromatic heterocycles. The van der Waals surface area contributed by atoms with Crippen LogP contribution in [-0.4, -0.2) is 39.4 Å². The Bertz CT molecular complexity index is 1330. The lowest BCUT2D eigenvalue weighted by molar-refractivity contribution is 0.102. The molecular weight excluding hydrogens is 468 g/mol. The largest absolute Gasteiger partial charge is 0.312 e. The van der Waals surface area contributed by atoms with E-state index in [0.29, 0.717) is 21.8 Å². The zero-order valence-electron chi connectivity index (χ0n) is 19.1. The van der Waals surface area contributed by atoms with E-state index in [0.717, 1.165) is 42.9 Å². The van der Waals surface area contributed by atoms with E-state index in [1.807, 2.05) is 6.07 Å². The van der Waals surface area contributed by atoms with Crippen molar-refractivity contribution in [3.8, 4) is 6.07 Å². The number of carbonyl (C=O) groups is 1. The van der Waals surface area contributed by atoms with Gasteiger partial charge < -0.3 is 5.32 Å². The van der Waals surface area contributed by atoms with Crippen molar-refractivity contribution in [1.29, 1.82) is 5.26 Å². The zero-order valence-corrected chi connectivity index (χ0v) is 20.7.